The molecule has 362 valence electrons. The third-order valence-corrected chi connectivity index (χ3v) is 12.4. The Morgan fingerprint density at radius 3 is 2.11 bits per heavy atom. The minimum atomic E-state index is 0.140. The van der Waals surface area contributed by atoms with E-state index < -0.39 is 0 Å². The summed E-state index contributed by atoms with van der Waals surface area (Å²) < 4.78 is 4.87. The van der Waals surface area contributed by atoms with Gasteiger partial charge < -0.3 is 4.57 Å². The quantitative estimate of drug-likeness (QED) is 0.0409. The van der Waals surface area contributed by atoms with Gasteiger partial charge in [-0.3, -0.25) is 9.56 Å². The zero-order chi connectivity index (χ0) is 50.4. The van der Waals surface area contributed by atoms with Gasteiger partial charge >= 0.3 is 0 Å². The summed E-state index contributed by atoms with van der Waals surface area (Å²) in [5.41, 5.74) is 12.0. The van der Waals surface area contributed by atoms with Crippen molar-refractivity contribution in [2.45, 2.75) is 108 Å². The topological polar surface area (TPSA) is 46.9 Å². The SMILES string of the molecule is C=C/C=C/C.CC.CC.CN=C(N=C(/N=C/n1c2ccccc2c2ccc3c4ccccc4n(C4=CC=CC5CC45)c3c21)B(C)CCCC/C=C\C=C(C)C)C1=CC=CCC=C1.Cc1cccc(C)c1. The van der Waals surface area contributed by atoms with Crippen LogP contribution in [0.3, 0.4) is 0 Å². The van der Waals surface area contributed by atoms with Gasteiger partial charge in [0.1, 0.15) is 6.34 Å². The number of amidine groups is 2. The number of nitrogens with zero attached hydrogens (tertiary/aromatic N) is 5. The molecule has 2 unspecified atom stereocenters. The van der Waals surface area contributed by atoms with Crippen LogP contribution in [0, 0.1) is 25.7 Å². The Morgan fingerprint density at radius 1 is 0.786 bits per heavy atom. The lowest BCUT2D eigenvalue weighted by atomic mass is 9.47. The fraction of sp³-hybridized carbons (Fsp3) is 0.297. The lowest BCUT2D eigenvalue weighted by molar-refractivity contribution is 0.809. The highest BCUT2D eigenvalue weighted by molar-refractivity contribution is 6.90. The van der Waals surface area contributed by atoms with Gasteiger partial charge in [-0.15, -0.1) is 0 Å². The molecule has 3 aliphatic rings. The highest BCUT2D eigenvalue weighted by Gasteiger charge is 2.41. The number of hydrogen-bond acceptors (Lipinski definition) is 1. The molecule has 70 heavy (non-hydrogen) atoms. The Kier molecular flexibility index (Phi) is 21.7. The van der Waals surface area contributed by atoms with Crippen molar-refractivity contribution in [3.05, 3.63) is 199 Å². The monoisotopic (exact) mass is 928 g/mol. The first-order chi connectivity index (χ1) is 34.2. The van der Waals surface area contributed by atoms with Gasteiger partial charge in [0.15, 0.2) is 5.84 Å². The molecule has 9 rings (SSSR count). The van der Waals surface area contributed by atoms with Crippen LogP contribution >= 0.6 is 0 Å². The van der Waals surface area contributed by atoms with E-state index in [0.29, 0.717) is 17.7 Å². The van der Waals surface area contributed by atoms with Crippen LogP contribution < -0.4 is 0 Å². The van der Waals surface area contributed by atoms with Crippen LogP contribution in [0.4, 0.5) is 0 Å². The van der Waals surface area contributed by atoms with E-state index in [4.69, 9.17) is 9.98 Å². The molecule has 1 saturated carbocycles. The number of benzene rings is 4. The van der Waals surface area contributed by atoms with E-state index in [-0.39, 0.29) is 6.71 Å². The van der Waals surface area contributed by atoms with Crippen LogP contribution in [0.15, 0.2) is 203 Å². The zero-order valence-corrected chi connectivity index (χ0v) is 44.2. The Balaban J connectivity index is 0.000000462. The minimum absolute atomic E-state index is 0.140. The summed E-state index contributed by atoms with van der Waals surface area (Å²) in [6.45, 7) is 24.3. The molecule has 2 atom stereocenters. The van der Waals surface area contributed by atoms with E-state index in [1.54, 1.807) is 6.08 Å². The molecule has 6 aromatic rings. The summed E-state index contributed by atoms with van der Waals surface area (Å²) in [4.78, 5) is 15.2. The van der Waals surface area contributed by atoms with Crippen molar-refractivity contribution in [3.8, 4) is 0 Å². The largest absolute Gasteiger partial charge is 0.311 e. The maximum absolute atomic E-state index is 5.33. The molecule has 6 heteroatoms. The Morgan fingerprint density at radius 2 is 1.47 bits per heavy atom. The molecular formula is C64H78BN5. The number of hydrogen-bond donors (Lipinski definition) is 0. The van der Waals surface area contributed by atoms with Gasteiger partial charge in [-0.25, -0.2) is 9.98 Å². The van der Waals surface area contributed by atoms with Gasteiger partial charge in [-0.05, 0) is 78.0 Å². The number of aryl methyl sites for hydroxylation is 2. The predicted molar refractivity (Wildman–Crippen MR) is 316 cm³/mol. The molecular weight excluding hydrogens is 850 g/mol. The number of aliphatic imine (C=N–C) groups is 3. The molecule has 2 heterocycles. The first kappa shape index (κ1) is 54.2. The van der Waals surface area contributed by atoms with Gasteiger partial charge in [-0.1, -0.05) is 229 Å². The van der Waals surface area contributed by atoms with Crippen molar-refractivity contribution >= 4 is 73.9 Å². The zero-order valence-electron chi connectivity index (χ0n) is 44.2. The van der Waals surface area contributed by atoms with Gasteiger partial charge in [-0.2, -0.15) is 0 Å². The normalized spacial score (nSPS) is 16.1. The maximum Gasteiger partial charge on any atom is 0.222 e. The van der Waals surface area contributed by atoms with Crippen molar-refractivity contribution in [1.29, 1.82) is 0 Å². The average Bonchev–Trinajstić information content (AvgIpc) is 4.10. The smallest absolute Gasteiger partial charge is 0.222 e. The number of fused-ring (bicyclic) bond motifs is 8. The summed E-state index contributed by atoms with van der Waals surface area (Å²) >= 11 is 0. The number of allylic oxidation sites excluding steroid dienone is 15. The molecule has 0 spiro atoms. The summed E-state index contributed by atoms with van der Waals surface area (Å²) in [6, 6.07) is 30.7. The summed E-state index contributed by atoms with van der Waals surface area (Å²) in [5, 5.41) is 4.99. The van der Waals surface area contributed by atoms with Gasteiger partial charge in [0.05, 0.1) is 27.8 Å². The fourth-order valence-corrected chi connectivity index (χ4v) is 8.96. The molecule has 0 amide bonds. The van der Waals surface area contributed by atoms with Gasteiger partial charge in [0.25, 0.3) is 0 Å². The molecule has 0 bridgehead atoms. The second-order valence-corrected chi connectivity index (χ2v) is 17.8. The maximum atomic E-state index is 5.33. The third-order valence-electron chi connectivity index (χ3n) is 12.4. The van der Waals surface area contributed by atoms with E-state index in [9.17, 15) is 0 Å². The highest BCUT2D eigenvalue weighted by atomic mass is 15.1. The second kappa shape index (κ2) is 28.0. The van der Waals surface area contributed by atoms with Crippen LogP contribution in [0.1, 0.15) is 91.7 Å². The first-order valence-corrected chi connectivity index (χ1v) is 25.8. The van der Waals surface area contributed by atoms with Crippen LogP contribution in [0.2, 0.25) is 13.1 Å². The van der Waals surface area contributed by atoms with Crippen molar-refractivity contribution in [3.63, 3.8) is 0 Å². The molecule has 3 aliphatic carbocycles. The molecule has 0 radical (unpaired) electrons. The highest BCUT2D eigenvalue weighted by Crippen LogP contribution is 2.52. The number of aromatic nitrogens is 2. The molecule has 0 saturated heterocycles. The number of para-hydroxylation sites is 2. The molecule has 0 aliphatic heterocycles. The molecule has 0 N–H and O–H groups in total. The van der Waals surface area contributed by atoms with Crippen LogP contribution in [0.5, 0.6) is 0 Å². The summed E-state index contributed by atoms with van der Waals surface area (Å²) in [5.74, 6) is 1.89. The fourth-order valence-electron chi connectivity index (χ4n) is 8.96. The third kappa shape index (κ3) is 13.9. The van der Waals surface area contributed by atoms with E-state index in [0.717, 1.165) is 48.8 Å². The van der Waals surface area contributed by atoms with E-state index in [2.05, 4.69) is 207 Å². The van der Waals surface area contributed by atoms with Gasteiger partial charge in [0, 0.05) is 45.8 Å². The lowest BCUT2D eigenvalue weighted by Gasteiger charge is -2.15. The van der Waals surface area contributed by atoms with Crippen molar-refractivity contribution in [1.82, 2.24) is 9.13 Å². The summed E-state index contributed by atoms with van der Waals surface area (Å²) in [6.07, 6.45) is 38.2. The average molecular weight is 928 g/mol. The first-order valence-electron chi connectivity index (χ1n) is 25.8. The van der Waals surface area contributed by atoms with E-state index >= 15 is 0 Å². The van der Waals surface area contributed by atoms with Crippen molar-refractivity contribution in [2.24, 2.45) is 26.8 Å². The second-order valence-electron chi connectivity index (χ2n) is 17.8. The molecule has 4 aromatic carbocycles. The Labute approximate surface area is 421 Å². The van der Waals surface area contributed by atoms with Crippen LogP contribution in [-0.4, -0.2) is 40.8 Å². The molecule has 1 fully saturated rings. The van der Waals surface area contributed by atoms with E-state index in [1.165, 1.54) is 66.9 Å². The lowest BCUT2D eigenvalue weighted by Crippen LogP contribution is -2.22. The predicted octanol–water partition coefficient (Wildman–Crippen LogP) is 18.2. The van der Waals surface area contributed by atoms with Crippen molar-refractivity contribution < 1.29 is 0 Å². The van der Waals surface area contributed by atoms with Crippen LogP contribution in [-0.2, 0) is 0 Å². The molecule has 5 nitrogen and oxygen atoms in total. The van der Waals surface area contributed by atoms with E-state index in [1.807, 2.05) is 60.2 Å². The minimum Gasteiger partial charge on any atom is -0.311 e. The summed E-state index contributed by atoms with van der Waals surface area (Å²) in [7, 11) is 1.83. The van der Waals surface area contributed by atoms with Crippen molar-refractivity contribution in [2.75, 3.05) is 7.05 Å². The Hall–Kier alpha value is -6.79. The standard InChI is InChI=1S/C47H48BN5.C8H10.C5H8.2C2H6/c1-33(2)19-10-6-5-9-17-30-48(3)47(51-46(49-4)34-20-11-7-8-12-21-34)50-32-52-41-25-15-13-23-36(41)38-28-29-39-37-24-14-16-26-42(37)53(45(39)44(38)52)43-27-18-22-35-31-40(35)43;1-7-4-3-5-8(2)6-7;1-3-5-4-2;2*1-2/h6-7,10-16,18-29,32,35,40H,5,8-9,17,30-31H2,1-4H3;3-6H,1-2H3;3-5H,1H2,2H3;2*1-2H3/b10-6-,49-46?,50-32+,51-47?;;5-4+;;. The van der Waals surface area contributed by atoms with Crippen LogP contribution in [0.25, 0.3) is 49.3 Å². The Bertz CT molecular complexity index is 3020. The molecule has 2 aromatic heterocycles. The number of rotatable bonds is 11. The van der Waals surface area contributed by atoms with Gasteiger partial charge in [0.2, 0.25) is 6.71 Å². The number of unbranched alkanes of at least 4 members (excludes halogenated alkanes) is 2.